The number of phenols is 1. The van der Waals surface area contributed by atoms with Crippen molar-refractivity contribution in [2.75, 3.05) is 6.54 Å². The molecule has 0 heterocycles. The summed E-state index contributed by atoms with van der Waals surface area (Å²) in [6.45, 7) is -1.18. The fraction of sp³-hybridized carbons (Fsp3) is 0.0909. The van der Waals surface area contributed by atoms with Crippen molar-refractivity contribution in [3.8, 4) is 5.75 Å². The number of phenolic OH excluding ortho intramolecular Hbond substituents is 1. The van der Waals surface area contributed by atoms with Crippen molar-refractivity contribution in [3.63, 3.8) is 0 Å². The molecule has 7 nitrogen and oxygen atoms in total. The van der Waals surface area contributed by atoms with Crippen LogP contribution in [0.4, 0.5) is 4.39 Å². The molecule has 0 unspecified atom stereocenters. The van der Waals surface area contributed by atoms with Crippen LogP contribution >= 0.6 is 39.1 Å². The van der Waals surface area contributed by atoms with Crippen molar-refractivity contribution < 1.29 is 22.7 Å². The number of carbonyl (C=O) groups is 1. The van der Waals surface area contributed by atoms with E-state index in [4.69, 9.17) is 23.2 Å². The highest BCUT2D eigenvalue weighted by Crippen LogP contribution is 2.25. The van der Waals surface area contributed by atoms with E-state index in [1.165, 1.54) is 48.7 Å². The van der Waals surface area contributed by atoms with Gasteiger partial charge in [-0.2, -0.15) is 9.41 Å². The number of hydrogen-bond donors (Lipinski definition) is 2. The van der Waals surface area contributed by atoms with Crippen molar-refractivity contribution in [1.82, 2.24) is 9.73 Å². The number of rotatable bonds is 8. The van der Waals surface area contributed by atoms with E-state index in [0.717, 1.165) is 10.4 Å². The second-order valence-electron chi connectivity index (χ2n) is 6.92. The van der Waals surface area contributed by atoms with Gasteiger partial charge in [-0.1, -0.05) is 45.2 Å². The van der Waals surface area contributed by atoms with Gasteiger partial charge in [-0.3, -0.25) is 4.79 Å². The van der Waals surface area contributed by atoms with E-state index in [1.54, 1.807) is 12.1 Å². The fourth-order valence-electron chi connectivity index (χ4n) is 2.84. The molecule has 0 fully saturated rings. The van der Waals surface area contributed by atoms with Gasteiger partial charge >= 0.3 is 0 Å². The summed E-state index contributed by atoms with van der Waals surface area (Å²) in [6.07, 6.45) is 1.20. The third-order valence-electron chi connectivity index (χ3n) is 4.55. The number of hydrazone groups is 1. The number of hydrogen-bond acceptors (Lipinski definition) is 5. The quantitative estimate of drug-likeness (QED) is 0.287. The average Bonchev–Trinajstić information content (AvgIpc) is 2.78. The van der Waals surface area contributed by atoms with Gasteiger partial charge in [0.25, 0.3) is 5.91 Å². The molecule has 1 amide bonds. The Morgan fingerprint density at radius 1 is 1.15 bits per heavy atom. The molecule has 0 aromatic heterocycles. The lowest BCUT2D eigenvalue weighted by Gasteiger charge is -2.22. The highest BCUT2D eigenvalue weighted by Gasteiger charge is 2.28. The van der Waals surface area contributed by atoms with Crippen LogP contribution in [0.5, 0.6) is 5.75 Å². The Labute approximate surface area is 214 Å². The molecule has 2 N–H and O–H groups in total. The second kappa shape index (κ2) is 11.3. The van der Waals surface area contributed by atoms with Crippen molar-refractivity contribution >= 4 is 61.3 Å². The SMILES string of the molecule is O=C(CN(Cc1c(F)cccc1Cl)S(=O)(=O)c1ccc(Cl)cc1)N/N=C\c1cc(Br)ccc1O. The highest BCUT2D eigenvalue weighted by molar-refractivity contribution is 9.10. The molecule has 178 valence electrons. The van der Waals surface area contributed by atoms with Gasteiger partial charge < -0.3 is 5.11 Å². The summed E-state index contributed by atoms with van der Waals surface area (Å²) >= 11 is 15.2. The molecule has 12 heteroatoms. The van der Waals surface area contributed by atoms with Crippen molar-refractivity contribution in [3.05, 3.63) is 92.1 Å². The van der Waals surface area contributed by atoms with Crippen molar-refractivity contribution in [2.45, 2.75) is 11.4 Å². The normalized spacial score (nSPS) is 11.8. The van der Waals surface area contributed by atoms with E-state index in [0.29, 0.717) is 15.1 Å². The highest BCUT2D eigenvalue weighted by atomic mass is 79.9. The van der Waals surface area contributed by atoms with Crippen LogP contribution in [0, 0.1) is 5.82 Å². The zero-order valence-electron chi connectivity index (χ0n) is 17.3. The zero-order chi connectivity index (χ0) is 24.9. The van der Waals surface area contributed by atoms with E-state index in [2.05, 4.69) is 26.5 Å². The second-order valence-corrected chi connectivity index (χ2v) is 10.6. The van der Waals surface area contributed by atoms with Crippen LogP contribution in [0.25, 0.3) is 0 Å². The van der Waals surface area contributed by atoms with Crippen LogP contribution in [0.2, 0.25) is 10.0 Å². The number of nitrogens with zero attached hydrogens (tertiary/aromatic N) is 2. The monoisotopic (exact) mass is 587 g/mol. The summed E-state index contributed by atoms with van der Waals surface area (Å²) < 4.78 is 42.3. The van der Waals surface area contributed by atoms with Crippen LogP contribution in [0.15, 0.2) is 75.1 Å². The van der Waals surface area contributed by atoms with Crippen LogP contribution in [0.3, 0.4) is 0 Å². The first kappa shape index (κ1) is 26.1. The Kier molecular flexibility index (Phi) is 8.67. The topological polar surface area (TPSA) is 99.1 Å². The molecule has 0 saturated heterocycles. The summed E-state index contributed by atoms with van der Waals surface area (Å²) in [5.41, 5.74) is 2.44. The lowest BCUT2D eigenvalue weighted by Crippen LogP contribution is -2.39. The first-order valence-electron chi connectivity index (χ1n) is 9.57. The summed E-state index contributed by atoms with van der Waals surface area (Å²) in [5, 5.41) is 13.9. The van der Waals surface area contributed by atoms with E-state index in [9.17, 15) is 22.7 Å². The average molecular weight is 589 g/mol. The number of sulfonamides is 1. The van der Waals surface area contributed by atoms with Gasteiger partial charge in [0.1, 0.15) is 11.6 Å². The first-order valence-corrected chi connectivity index (χ1v) is 12.6. The van der Waals surface area contributed by atoms with Crippen LogP contribution in [0.1, 0.15) is 11.1 Å². The van der Waals surface area contributed by atoms with E-state index in [1.807, 2.05) is 0 Å². The molecule has 0 aliphatic carbocycles. The number of benzene rings is 3. The first-order chi connectivity index (χ1) is 16.1. The largest absolute Gasteiger partial charge is 0.507 e. The molecular formula is C22H17BrCl2FN3O4S. The summed E-state index contributed by atoms with van der Waals surface area (Å²) in [5.74, 6) is -1.58. The molecule has 0 radical (unpaired) electrons. The standard InChI is InChI=1S/C22H17BrCl2FN3O4S/c23-15-4-9-21(30)14(10-15)11-27-28-22(31)13-29(12-18-19(25)2-1-3-20(18)26)34(32,33)17-7-5-16(24)6-8-17/h1-11,30H,12-13H2,(H,28,31)/b27-11-. The van der Waals surface area contributed by atoms with Gasteiger partial charge in [0.2, 0.25) is 10.0 Å². The number of halogens is 4. The molecule has 0 aliphatic heterocycles. The van der Waals surface area contributed by atoms with Crippen LogP contribution < -0.4 is 5.43 Å². The third kappa shape index (κ3) is 6.55. The predicted molar refractivity (Wildman–Crippen MR) is 132 cm³/mol. The molecule has 0 atom stereocenters. The molecule has 0 aliphatic rings. The molecule has 3 rings (SSSR count). The van der Waals surface area contributed by atoms with Gasteiger partial charge in [-0.15, -0.1) is 0 Å². The fourth-order valence-corrected chi connectivity index (χ4v) is 4.93. The van der Waals surface area contributed by atoms with Crippen molar-refractivity contribution in [1.29, 1.82) is 0 Å². The van der Waals surface area contributed by atoms with Gasteiger partial charge in [-0.05, 0) is 54.6 Å². The number of nitrogens with one attached hydrogen (secondary N) is 1. The Hall–Kier alpha value is -2.50. The Balaban J connectivity index is 1.86. The predicted octanol–water partition coefficient (Wildman–Crippen LogP) is 4.94. The zero-order valence-corrected chi connectivity index (χ0v) is 21.2. The van der Waals surface area contributed by atoms with Crippen molar-refractivity contribution in [2.24, 2.45) is 5.10 Å². The minimum absolute atomic E-state index is 0.0138. The molecule has 0 spiro atoms. The van der Waals surface area contributed by atoms with Gasteiger partial charge in [0, 0.05) is 32.2 Å². The number of carbonyl (C=O) groups excluding carboxylic acids is 1. The van der Waals surface area contributed by atoms with Gasteiger partial charge in [0.05, 0.1) is 17.7 Å². The van der Waals surface area contributed by atoms with E-state index < -0.39 is 34.8 Å². The smallest absolute Gasteiger partial charge is 0.255 e. The Bertz CT molecular complexity index is 1320. The third-order valence-corrected chi connectivity index (χ3v) is 7.46. The maximum atomic E-state index is 14.4. The Morgan fingerprint density at radius 3 is 2.53 bits per heavy atom. The molecule has 3 aromatic rings. The minimum atomic E-state index is -4.24. The molecule has 0 bridgehead atoms. The number of amides is 1. The molecule has 0 saturated carbocycles. The minimum Gasteiger partial charge on any atom is -0.507 e. The van der Waals surface area contributed by atoms with Gasteiger partial charge in [0.15, 0.2) is 0 Å². The molecular weight excluding hydrogens is 572 g/mol. The lowest BCUT2D eigenvalue weighted by molar-refractivity contribution is -0.121. The van der Waals surface area contributed by atoms with E-state index in [-0.39, 0.29) is 21.2 Å². The van der Waals surface area contributed by atoms with Gasteiger partial charge in [-0.25, -0.2) is 18.2 Å². The molecule has 3 aromatic carbocycles. The summed E-state index contributed by atoms with van der Waals surface area (Å²) in [4.78, 5) is 12.4. The van der Waals surface area contributed by atoms with Crippen LogP contribution in [-0.2, 0) is 21.4 Å². The summed E-state index contributed by atoms with van der Waals surface area (Å²) in [7, 11) is -4.24. The maximum Gasteiger partial charge on any atom is 0.255 e. The van der Waals surface area contributed by atoms with E-state index >= 15 is 0 Å². The van der Waals surface area contributed by atoms with Crippen LogP contribution in [-0.4, -0.2) is 36.5 Å². The lowest BCUT2D eigenvalue weighted by atomic mass is 10.2. The number of aromatic hydroxyl groups is 1. The maximum absolute atomic E-state index is 14.4. The summed E-state index contributed by atoms with van der Waals surface area (Å²) in [6, 6.07) is 13.9. The Morgan fingerprint density at radius 2 is 1.85 bits per heavy atom. The molecule has 34 heavy (non-hydrogen) atoms.